The van der Waals surface area contributed by atoms with Gasteiger partial charge in [-0.15, -0.1) is 0 Å². The van der Waals surface area contributed by atoms with Gasteiger partial charge in [0.25, 0.3) is 0 Å². The Bertz CT molecular complexity index is 1190. The van der Waals surface area contributed by atoms with Gasteiger partial charge >= 0.3 is 17.8 Å². The number of esters is 1. The van der Waals surface area contributed by atoms with E-state index in [0.717, 1.165) is 0 Å². The number of hydrogen-bond donors (Lipinski definition) is 2. The maximum Gasteiger partial charge on any atom is 0.343 e. The van der Waals surface area contributed by atoms with Gasteiger partial charge in [-0.1, -0.05) is 17.7 Å². The standard InChI is InChI=1S/C24H20ClN3O5/c1-15(27-28-23(30)22(29)26-19-10-8-18(25)9-11-19)16-6-12-20(13-7-16)33-24(31)17-4-3-5-21(14-17)32-2/h3-14H,1-2H3,(H,26,29)(H,28,30). The molecule has 3 aromatic rings. The number of ether oxygens (including phenoxy) is 2. The van der Waals surface area contributed by atoms with Gasteiger partial charge in [0, 0.05) is 10.7 Å². The lowest BCUT2D eigenvalue weighted by Crippen LogP contribution is -2.32. The van der Waals surface area contributed by atoms with Crippen molar-refractivity contribution in [1.29, 1.82) is 0 Å². The first-order valence-corrected chi connectivity index (χ1v) is 10.1. The summed E-state index contributed by atoms with van der Waals surface area (Å²) in [6, 6.07) is 19.5. The Morgan fingerprint density at radius 2 is 1.55 bits per heavy atom. The lowest BCUT2D eigenvalue weighted by molar-refractivity contribution is -0.136. The fourth-order valence-electron chi connectivity index (χ4n) is 2.65. The minimum Gasteiger partial charge on any atom is -0.497 e. The second kappa shape index (κ2) is 10.9. The van der Waals surface area contributed by atoms with Crippen molar-refractivity contribution in [3.63, 3.8) is 0 Å². The highest BCUT2D eigenvalue weighted by Gasteiger charge is 2.14. The normalized spacial score (nSPS) is 10.8. The number of carbonyl (C=O) groups excluding carboxylic acids is 3. The van der Waals surface area contributed by atoms with Crippen LogP contribution in [0.25, 0.3) is 0 Å². The van der Waals surface area contributed by atoms with Crippen LogP contribution in [0.5, 0.6) is 11.5 Å². The quantitative estimate of drug-likeness (QED) is 0.188. The molecule has 2 N–H and O–H groups in total. The van der Waals surface area contributed by atoms with Gasteiger partial charge in [0.2, 0.25) is 0 Å². The molecular formula is C24H20ClN3O5. The predicted molar refractivity (Wildman–Crippen MR) is 125 cm³/mol. The van der Waals surface area contributed by atoms with E-state index in [2.05, 4.69) is 15.8 Å². The van der Waals surface area contributed by atoms with Crippen molar-refractivity contribution in [3.8, 4) is 11.5 Å². The maximum atomic E-state index is 12.3. The van der Waals surface area contributed by atoms with Crippen LogP contribution in [0.3, 0.4) is 0 Å². The Labute approximate surface area is 195 Å². The largest absolute Gasteiger partial charge is 0.497 e. The molecular weight excluding hydrogens is 446 g/mol. The van der Waals surface area contributed by atoms with Crippen LogP contribution < -0.4 is 20.2 Å². The Balaban J connectivity index is 1.56. The van der Waals surface area contributed by atoms with Crippen LogP contribution >= 0.6 is 11.6 Å². The highest BCUT2D eigenvalue weighted by Crippen LogP contribution is 2.18. The van der Waals surface area contributed by atoms with E-state index in [1.807, 2.05) is 0 Å². The third-order valence-corrected chi connectivity index (χ3v) is 4.67. The number of nitrogens with one attached hydrogen (secondary N) is 2. The number of methoxy groups -OCH3 is 1. The molecule has 3 aromatic carbocycles. The molecule has 2 amide bonds. The van der Waals surface area contributed by atoms with E-state index in [9.17, 15) is 14.4 Å². The first-order valence-electron chi connectivity index (χ1n) is 9.73. The van der Waals surface area contributed by atoms with E-state index >= 15 is 0 Å². The molecule has 0 bridgehead atoms. The molecule has 0 aromatic heterocycles. The van der Waals surface area contributed by atoms with Gasteiger partial charge in [-0.05, 0) is 79.2 Å². The van der Waals surface area contributed by atoms with Crippen LogP contribution in [-0.2, 0) is 9.59 Å². The summed E-state index contributed by atoms with van der Waals surface area (Å²) >= 11 is 5.79. The lowest BCUT2D eigenvalue weighted by Gasteiger charge is -2.07. The average Bonchev–Trinajstić information content (AvgIpc) is 2.84. The number of rotatable bonds is 6. The molecule has 168 valence electrons. The monoisotopic (exact) mass is 465 g/mol. The molecule has 0 heterocycles. The summed E-state index contributed by atoms with van der Waals surface area (Å²) in [7, 11) is 1.52. The Morgan fingerprint density at radius 3 is 2.21 bits per heavy atom. The van der Waals surface area contributed by atoms with Gasteiger partial charge in [0.05, 0.1) is 18.4 Å². The molecule has 0 unspecified atom stereocenters. The molecule has 0 aliphatic rings. The number of hydrogen-bond acceptors (Lipinski definition) is 6. The fourth-order valence-corrected chi connectivity index (χ4v) is 2.78. The summed E-state index contributed by atoms with van der Waals surface area (Å²) in [6.07, 6.45) is 0. The number of halogens is 1. The summed E-state index contributed by atoms with van der Waals surface area (Å²) in [5.74, 6) is -1.42. The molecule has 3 rings (SSSR count). The predicted octanol–water partition coefficient (Wildman–Crippen LogP) is 4.05. The van der Waals surface area contributed by atoms with Crippen LogP contribution in [0.4, 0.5) is 5.69 Å². The van der Waals surface area contributed by atoms with Crippen molar-refractivity contribution in [2.45, 2.75) is 6.92 Å². The second-order valence-corrected chi connectivity index (χ2v) is 7.18. The third kappa shape index (κ3) is 6.65. The summed E-state index contributed by atoms with van der Waals surface area (Å²) in [4.78, 5) is 36.2. The summed E-state index contributed by atoms with van der Waals surface area (Å²) in [6.45, 7) is 1.66. The summed E-state index contributed by atoms with van der Waals surface area (Å²) in [5, 5.41) is 6.90. The molecule has 9 heteroatoms. The molecule has 0 saturated heterocycles. The van der Waals surface area contributed by atoms with E-state index in [1.54, 1.807) is 79.7 Å². The van der Waals surface area contributed by atoms with Gasteiger partial charge in [-0.2, -0.15) is 5.10 Å². The van der Waals surface area contributed by atoms with E-state index < -0.39 is 17.8 Å². The zero-order valence-electron chi connectivity index (χ0n) is 17.8. The zero-order valence-corrected chi connectivity index (χ0v) is 18.6. The summed E-state index contributed by atoms with van der Waals surface area (Å²) in [5.41, 5.74) is 4.11. The summed E-state index contributed by atoms with van der Waals surface area (Å²) < 4.78 is 10.5. The van der Waals surface area contributed by atoms with Crippen molar-refractivity contribution in [2.75, 3.05) is 12.4 Å². The third-order valence-electron chi connectivity index (χ3n) is 4.42. The molecule has 0 saturated carbocycles. The van der Waals surface area contributed by atoms with Gasteiger partial charge < -0.3 is 14.8 Å². The van der Waals surface area contributed by atoms with Crippen LogP contribution in [0.1, 0.15) is 22.8 Å². The maximum absolute atomic E-state index is 12.3. The first kappa shape index (κ1) is 23.5. The highest BCUT2D eigenvalue weighted by molar-refractivity contribution is 6.39. The minimum atomic E-state index is -0.923. The van der Waals surface area contributed by atoms with Crippen molar-refractivity contribution in [2.24, 2.45) is 5.10 Å². The van der Waals surface area contributed by atoms with Crippen molar-refractivity contribution in [1.82, 2.24) is 5.43 Å². The second-order valence-electron chi connectivity index (χ2n) is 6.75. The number of benzene rings is 3. The molecule has 8 nitrogen and oxygen atoms in total. The van der Waals surface area contributed by atoms with E-state index in [0.29, 0.717) is 39.0 Å². The lowest BCUT2D eigenvalue weighted by atomic mass is 10.1. The molecule has 0 atom stereocenters. The van der Waals surface area contributed by atoms with Crippen LogP contribution in [0, 0.1) is 0 Å². The van der Waals surface area contributed by atoms with Crippen molar-refractivity contribution in [3.05, 3.63) is 88.9 Å². The van der Waals surface area contributed by atoms with E-state index in [-0.39, 0.29) is 0 Å². The van der Waals surface area contributed by atoms with Crippen LogP contribution in [-0.4, -0.2) is 30.6 Å². The van der Waals surface area contributed by atoms with Crippen LogP contribution in [0.2, 0.25) is 5.02 Å². The number of amides is 2. The first-order chi connectivity index (χ1) is 15.9. The van der Waals surface area contributed by atoms with Crippen LogP contribution in [0.15, 0.2) is 77.9 Å². The fraction of sp³-hybridized carbons (Fsp3) is 0.0833. The van der Waals surface area contributed by atoms with Gasteiger partial charge in [0.1, 0.15) is 11.5 Å². The van der Waals surface area contributed by atoms with E-state index in [1.165, 1.54) is 7.11 Å². The Kier molecular flexibility index (Phi) is 7.77. The van der Waals surface area contributed by atoms with Gasteiger partial charge in [-0.25, -0.2) is 10.2 Å². The van der Waals surface area contributed by atoms with Crippen molar-refractivity contribution >= 4 is 40.8 Å². The molecule has 0 aliphatic heterocycles. The topological polar surface area (TPSA) is 106 Å². The number of nitrogens with zero attached hydrogens (tertiary/aromatic N) is 1. The molecule has 0 radical (unpaired) electrons. The number of carbonyl (C=O) groups is 3. The Morgan fingerprint density at radius 1 is 0.848 bits per heavy atom. The van der Waals surface area contributed by atoms with Gasteiger partial charge in [0.15, 0.2) is 0 Å². The zero-order chi connectivity index (χ0) is 23.8. The number of hydrazone groups is 1. The molecule has 0 spiro atoms. The Hall–Kier alpha value is -4.17. The van der Waals surface area contributed by atoms with Gasteiger partial charge in [-0.3, -0.25) is 9.59 Å². The smallest absolute Gasteiger partial charge is 0.343 e. The highest BCUT2D eigenvalue weighted by atomic mass is 35.5. The SMILES string of the molecule is COc1cccc(C(=O)Oc2ccc(C(C)=NNC(=O)C(=O)Nc3ccc(Cl)cc3)cc2)c1. The molecule has 0 fully saturated rings. The number of anilines is 1. The molecule has 33 heavy (non-hydrogen) atoms. The minimum absolute atomic E-state index is 0.339. The average molecular weight is 466 g/mol. The molecule has 0 aliphatic carbocycles. The van der Waals surface area contributed by atoms with E-state index in [4.69, 9.17) is 21.1 Å². The van der Waals surface area contributed by atoms with Crippen molar-refractivity contribution < 1.29 is 23.9 Å².